The molecule has 15 heavy (non-hydrogen) atoms. The lowest BCUT2D eigenvalue weighted by Gasteiger charge is -2.38. The number of aliphatic hydroxyl groups excluding tert-OH is 1. The topological polar surface area (TPSA) is 41.5 Å². The minimum atomic E-state index is -0.413. The summed E-state index contributed by atoms with van der Waals surface area (Å²) in [5.41, 5.74) is 1.90. The van der Waals surface area contributed by atoms with Crippen LogP contribution >= 0.6 is 0 Å². The van der Waals surface area contributed by atoms with Crippen molar-refractivity contribution in [2.45, 2.75) is 12.5 Å². The van der Waals surface area contributed by atoms with E-state index in [0.29, 0.717) is 13.2 Å². The molecule has 0 aromatic heterocycles. The summed E-state index contributed by atoms with van der Waals surface area (Å²) in [6.45, 7) is 4.16. The molecule has 1 aliphatic rings. The first kappa shape index (κ1) is 10.6. The highest BCUT2D eigenvalue weighted by Crippen LogP contribution is 2.26. The van der Waals surface area contributed by atoms with Crippen molar-refractivity contribution in [3.63, 3.8) is 0 Å². The van der Waals surface area contributed by atoms with Gasteiger partial charge in [-0.1, -0.05) is 24.3 Å². The second-order valence-electron chi connectivity index (χ2n) is 4.03. The van der Waals surface area contributed by atoms with Crippen molar-refractivity contribution < 1.29 is 9.84 Å². The molecule has 1 heterocycles. The maximum atomic E-state index is 9.58. The van der Waals surface area contributed by atoms with Gasteiger partial charge in [-0.3, -0.25) is 0 Å². The number of hydrogen-bond donors (Lipinski definition) is 2. The van der Waals surface area contributed by atoms with E-state index in [1.807, 2.05) is 18.2 Å². The first-order chi connectivity index (χ1) is 7.28. The number of aliphatic hydroxyl groups is 1. The lowest BCUT2D eigenvalue weighted by atomic mass is 9.87. The normalized spacial score (nSPS) is 26.5. The average molecular weight is 207 g/mol. The van der Waals surface area contributed by atoms with Crippen molar-refractivity contribution >= 4 is 0 Å². The summed E-state index contributed by atoms with van der Waals surface area (Å²) in [5, 5.41) is 12.9. The summed E-state index contributed by atoms with van der Waals surface area (Å²) >= 11 is 0. The van der Waals surface area contributed by atoms with E-state index < -0.39 is 5.54 Å². The SMILES string of the molecule is Cc1ccccc1C1(CO)COCCN1. The first-order valence-electron chi connectivity index (χ1n) is 5.28. The van der Waals surface area contributed by atoms with Crippen molar-refractivity contribution in [1.29, 1.82) is 0 Å². The number of aryl methyl sites for hydroxylation is 1. The van der Waals surface area contributed by atoms with E-state index >= 15 is 0 Å². The largest absolute Gasteiger partial charge is 0.394 e. The van der Waals surface area contributed by atoms with Gasteiger partial charge in [0, 0.05) is 6.54 Å². The van der Waals surface area contributed by atoms with Crippen LogP contribution in [0.15, 0.2) is 24.3 Å². The zero-order valence-electron chi connectivity index (χ0n) is 8.99. The van der Waals surface area contributed by atoms with Crippen molar-refractivity contribution in [2.75, 3.05) is 26.4 Å². The molecule has 2 rings (SSSR count). The van der Waals surface area contributed by atoms with Gasteiger partial charge in [0.15, 0.2) is 0 Å². The second kappa shape index (κ2) is 4.31. The Hall–Kier alpha value is -0.900. The summed E-state index contributed by atoms with van der Waals surface area (Å²) in [6.07, 6.45) is 0. The van der Waals surface area contributed by atoms with E-state index in [1.54, 1.807) is 0 Å². The minimum absolute atomic E-state index is 0.0673. The number of rotatable bonds is 2. The van der Waals surface area contributed by atoms with E-state index in [-0.39, 0.29) is 6.61 Å². The van der Waals surface area contributed by atoms with Crippen LogP contribution in [0.4, 0.5) is 0 Å². The van der Waals surface area contributed by atoms with E-state index in [1.165, 1.54) is 5.56 Å². The molecule has 82 valence electrons. The van der Waals surface area contributed by atoms with Crippen LogP contribution in [0, 0.1) is 6.92 Å². The van der Waals surface area contributed by atoms with Crippen molar-refractivity contribution in [3.05, 3.63) is 35.4 Å². The molecule has 1 saturated heterocycles. The van der Waals surface area contributed by atoms with E-state index in [0.717, 1.165) is 12.1 Å². The van der Waals surface area contributed by atoms with Gasteiger partial charge in [0.1, 0.15) is 0 Å². The van der Waals surface area contributed by atoms with Crippen LogP contribution in [0.1, 0.15) is 11.1 Å². The second-order valence-corrected chi connectivity index (χ2v) is 4.03. The first-order valence-corrected chi connectivity index (χ1v) is 5.28. The molecule has 1 aromatic carbocycles. The van der Waals surface area contributed by atoms with E-state index in [4.69, 9.17) is 4.74 Å². The summed E-state index contributed by atoms with van der Waals surface area (Å²) in [4.78, 5) is 0. The zero-order valence-corrected chi connectivity index (χ0v) is 8.99. The minimum Gasteiger partial charge on any atom is -0.394 e. The number of hydrogen-bond acceptors (Lipinski definition) is 3. The Bertz CT molecular complexity index is 332. The molecule has 2 N–H and O–H groups in total. The Morgan fingerprint density at radius 3 is 2.87 bits per heavy atom. The van der Waals surface area contributed by atoms with Crippen LogP contribution in [-0.4, -0.2) is 31.5 Å². The fourth-order valence-electron chi connectivity index (χ4n) is 2.13. The van der Waals surface area contributed by atoms with Gasteiger partial charge in [0.05, 0.1) is 25.4 Å². The van der Waals surface area contributed by atoms with Gasteiger partial charge in [-0.25, -0.2) is 0 Å². The highest BCUT2D eigenvalue weighted by molar-refractivity contribution is 5.33. The average Bonchev–Trinajstić information content (AvgIpc) is 2.30. The van der Waals surface area contributed by atoms with E-state index in [9.17, 15) is 5.11 Å². The zero-order chi connectivity index (χ0) is 10.7. The molecule has 0 spiro atoms. The summed E-state index contributed by atoms with van der Waals surface area (Å²) < 4.78 is 5.46. The lowest BCUT2D eigenvalue weighted by Crippen LogP contribution is -2.54. The number of ether oxygens (including phenoxy) is 1. The van der Waals surface area contributed by atoms with Crippen LogP contribution in [-0.2, 0) is 10.3 Å². The van der Waals surface area contributed by atoms with Gasteiger partial charge in [0.25, 0.3) is 0 Å². The maximum Gasteiger partial charge on any atom is 0.0909 e. The molecule has 0 radical (unpaired) electrons. The quantitative estimate of drug-likeness (QED) is 0.754. The third kappa shape index (κ3) is 1.91. The highest BCUT2D eigenvalue weighted by atomic mass is 16.5. The molecular formula is C12H17NO2. The lowest BCUT2D eigenvalue weighted by molar-refractivity contribution is -0.00362. The predicted octanol–water partition coefficient (Wildman–Crippen LogP) is 0.802. The van der Waals surface area contributed by atoms with Crippen molar-refractivity contribution in [1.82, 2.24) is 5.32 Å². The molecule has 0 bridgehead atoms. The summed E-state index contributed by atoms with van der Waals surface area (Å²) in [6, 6.07) is 8.11. The number of nitrogens with one attached hydrogen (secondary N) is 1. The Labute approximate surface area is 90.1 Å². The molecule has 0 amide bonds. The highest BCUT2D eigenvalue weighted by Gasteiger charge is 2.34. The molecule has 1 fully saturated rings. The van der Waals surface area contributed by atoms with Crippen LogP contribution < -0.4 is 5.32 Å². The number of benzene rings is 1. The Balaban J connectivity index is 2.36. The standard InChI is InChI=1S/C12H17NO2/c1-10-4-2-3-5-11(10)12(8-14)9-15-7-6-13-12/h2-5,13-14H,6-9H2,1H3. The summed E-state index contributed by atoms with van der Waals surface area (Å²) in [5.74, 6) is 0. The molecule has 1 atom stereocenters. The predicted molar refractivity (Wildman–Crippen MR) is 58.8 cm³/mol. The fourth-order valence-corrected chi connectivity index (χ4v) is 2.13. The summed E-state index contributed by atoms with van der Waals surface area (Å²) in [7, 11) is 0. The third-order valence-electron chi connectivity index (χ3n) is 2.99. The van der Waals surface area contributed by atoms with Gasteiger partial charge in [-0.05, 0) is 18.1 Å². The third-order valence-corrected chi connectivity index (χ3v) is 2.99. The molecular weight excluding hydrogens is 190 g/mol. The van der Waals surface area contributed by atoms with Gasteiger partial charge in [0.2, 0.25) is 0 Å². The molecule has 3 nitrogen and oxygen atoms in total. The van der Waals surface area contributed by atoms with Crippen molar-refractivity contribution in [2.24, 2.45) is 0 Å². The molecule has 1 aromatic rings. The van der Waals surface area contributed by atoms with Crippen LogP contribution in [0.3, 0.4) is 0 Å². The van der Waals surface area contributed by atoms with Crippen molar-refractivity contribution in [3.8, 4) is 0 Å². The molecule has 0 saturated carbocycles. The molecule has 0 aliphatic carbocycles. The Morgan fingerprint density at radius 1 is 1.47 bits per heavy atom. The maximum absolute atomic E-state index is 9.58. The van der Waals surface area contributed by atoms with Gasteiger partial charge in [-0.15, -0.1) is 0 Å². The van der Waals surface area contributed by atoms with Crippen LogP contribution in [0.5, 0.6) is 0 Å². The van der Waals surface area contributed by atoms with Gasteiger partial charge in [-0.2, -0.15) is 0 Å². The Morgan fingerprint density at radius 2 is 2.27 bits per heavy atom. The van der Waals surface area contributed by atoms with E-state index in [2.05, 4.69) is 18.3 Å². The Kier molecular flexibility index (Phi) is 3.05. The number of morpholine rings is 1. The van der Waals surface area contributed by atoms with Gasteiger partial charge >= 0.3 is 0 Å². The fraction of sp³-hybridized carbons (Fsp3) is 0.500. The van der Waals surface area contributed by atoms with Crippen LogP contribution in [0.2, 0.25) is 0 Å². The molecule has 3 heteroatoms. The van der Waals surface area contributed by atoms with Gasteiger partial charge < -0.3 is 15.2 Å². The smallest absolute Gasteiger partial charge is 0.0909 e. The molecule has 1 aliphatic heterocycles. The molecule has 1 unspecified atom stereocenters. The van der Waals surface area contributed by atoms with Crippen LogP contribution in [0.25, 0.3) is 0 Å². The monoisotopic (exact) mass is 207 g/mol.